The summed E-state index contributed by atoms with van der Waals surface area (Å²) in [6, 6.07) is 61.8. The molecule has 10 aromatic rings. The topological polar surface area (TPSA) is 38.7 Å². The number of pyridine rings is 1. The third kappa shape index (κ3) is 5.08. The Morgan fingerprint density at radius 1 is 0.392 bits per heavy atom. The van der Waals surface area contributed by atoms with E-state index in [1.807, 2.05) is 47.7 Å². The lowest BCUT2D eigenvalue weighted by atomic mass is 9.94. The van der Waals surface area contributed by atoms with E-state index in [-0.39, 0.29) is 0 Å². The Labute approximate surface area is 299 Å². The van der Waals surface area contributed by atoms with Crippen LogP contribution in [0.2, 0.25) is 0 Å². The van der Waals surface area contributed by atoms with Crippen LogP contribution in [-0.2, 0) is 0 Å². The fraction of sp³-hybridized carbons (Fsp3) is 0. The van der Waals surface area contributed by atoms with E-state index in [1.165, 1.54) is 41.9 Å². The molecule has 0 saturated carbocycles. The lowest BCUT2D eigenvalue weighted by Gasteiger charge is -2.14. The fourth-order valence-corrected chi connectivity index (χ4v) is 8.50. The zero-order valence-corrected chi connectivity index (χ0v) is 28.3. The van der Waals surface area contributed by atoms with Crippen molar-refractivity contribution >= 4 is 53.2 Å². The van der Waals surface area contributed by atoms with Crippen molar-refractivity contribution in [3.05, 3.63) is 176 Å². The van der Waals surface area contributed by atoms with Crippen LogP contribution in [0.15, 0.2) is 176 Å². The molecule has 0 amide bonds. The Balaban J connectivity index is 1.23. The second-order valence-electron chi connectivity index (χ2n) is 12.8. The Morgan fingerprint density at radius 3 is 1.75 bits per heavy atom. The van der Waals surface area contributed by atoms with Crippen LogP contribution in [0.4, 0.5) is 0 Å². The summed E-state index contributed by atoms with van der Waals surface area (Å²) in [6.07, 6.45) is 0. The lowest BCUT2D eigenvalue weighted by Crippen LogP contribution is -1.96. The maximum atomic E-state index is 5.61. The highest BCUT2D eigenvalue weighted by molar-refractivity contribution is 7.26. The Hall–Kier alpha value is -6.49. The number of thiophene rings is 1. The number of hydrogen-bond donors (Lipinski definition) is 0. The molecule has 3 aromatic heterocycles. The molecule has 0 aliphatic heterocycles. The minimum absolute atomic E-state index is 0.681. The van der Waals surface area contributed by atoms with Crippen molar-refractivity contribution in [1.82, 2.24) is 15.0 Å². The SMILES string of the molecule is c1ccc(-c2cc(-c3ccccc3)nc(-c3cccc(-c4nc5c(-c6cccc7ccccc67)cccc5c5sc6ccccc6c45)c3)n2)cc1. The first-order valence-electron chi connectivity index (χ1n) is 17.1. The van der Waals surface area contributed by atoms with Crippen LogP contribution in [0.3, 0.4) is 0 Å². The highest BCUT2D eigenvalue weighted by Gasteiger charge is 2.20. The van der Waals surface area contributed by atoms with Crippen molar-refractivity contribution in [3.8, 4) is 56.3 Å². The molecule has 0 N–H and O–H groups in total. The van der Waals surface area contributed by atoms with E-state index in [2.05, 4.69) is 140 Å². The van der Waals surface area contributed by atoms with Crippen LogP contribution >= 0.6 is 11.3 Å². The first-order valence-corrected chi connectivity index (χ1v) is 17.9. The van der Waals surface area contributed by atoms with Crippen molar-refractivity contribution in [2.75, 3.05) is 0 Å². The van der Waals surface area contributed by atoms with Gasteiger partial charge in [-0.25, -0.2) is 15.0 Å². The van der Waals surface area contributed by atoms with E-state index >= 15 is 0 Å². The highest BCUT2D eigenvalue weighted by Crippen LogP contribution is 2.45. The molecule has 0 aliphatic rings. The molecule has 0 aliphatic carbocycles. The molecule has 0 atom stereocenters. The Morgan fingerprint density at radius 2 is 0.961 bits per heavy atom. The zero-order valence-electron chi connectivity index (χ0n) is 27.5. The third-order valence-corrected chi connectivity index (χ3v) is 10.9. The van der Waals surface area contributed by atoms with Gasteiger partial charge in [0.2, 0.25) is 0 Å². The van der Waals surface area contributed by atoms with Crippen LogP contribution in [0.25, 0.3) is 98.1 Å². The number of nitrogens with zero attached hydrogens (tertiary/aromatic N) is 3. The largest absolute Gasteiger partial charge is 0.246 e. The molecule has 4 heteroatoms. The summed E-state index contributed by atoms with van der Waals surface area (Å²) in [6.45, 7) is 0. The standard InChI is InChI=1S/C47H29N3S/c1-3-15-31(16-4-1)40-29-41(32-17-5-2-6-18-32)49-47(48-40)34-21-11-20-33(28-34)44-43-38-23-9-10-27-42(38)51-46(43)39-26-13-25-37(45(39)50-44)36-24-12-19-30-14-7-8-22-35(30)36/h1-29H. The first-order chi connectivity index (χ1) is 25.3. The van der Waals surface area contributed by atoms with Gasteiger partial charge in [-0.3, -0.25) is 0 Å². The van der Waals surface area contributed by atoms with Gasteiger partial charge in [0.25, 0.3) is 0 Å². The monoisotopic (exact) mass is 667 g/mol. The smallest absolute Gasteiger partial charge is 0.160 e. The second-order valence-corrected chi connectivity index (χ2v) is 13.8. The molecule has 3 nitrogen and oxygen atoms in total. The number of aromatic nitrogens is 3. The average molecular weight is 668 g/mol. The van der Waals surface area contributed by atoms with Crippen LogP contribution < -0.4 is 0 Å². The van der Waals surface area contributed by atoms with Gasteiger partial charge in [-0.15, -0.1) is 11.3 Å². The van der Waals surface area contributed by atoms with Crippen LogP contribution in [0.1, 0.15) is 0 Å². The maximum Gasteiger partial charge on any atom is 0.160 e. The van der Waals surface area contributed by atoms with E-state index in [4.69, 9.17) is 15.0 Å². The molecule has 7 aromatic carbocycles. The number of hydrogen-bond acceptors (Lipinski definition) is 4. The van der Waals surface area contributed by atoms with E-state index in [9.17, 15) is 0 Å². The highest BCUT2D eigenvalue weighted by atomic mass is 32.1. The minimum Gasteiger partial charge on any atom is -0.246 e. The molecule has 0 unspecified atom stereocenters. The van der Waals surface area contributed by atoms with E-state index < -0.39 is 0 Å². The summed E-state index contributed by atoms with van der Waals surface area (Å²) in [5.74, 6) is 0.681. The summed E-state index contributed by atoms with van der Waals surface area (Å²) in [4.78, 5) is 15.9. The molecule has 0 fully saturated rings. The van der Waals surface area contributed by atoms with Gasteiger partial charge in [-0.05, 0) is 34.5 Å². The normalized spacial score (nSPS) is 11.5. The molecule has 0 bridgehead atoms. The molecule has 10 rings (SSSR count). The summed E-state index contributed by atoms with van der Waals surface area (Å²) >= 11 is 1.84. The van der Waals surface area contributed by atoms with Gasteiger partial charge in [-0.1, -0.05) is 158 Å². The predicted molar refractivity (Wildman–Crippen MR) is 215 cm³/mol. The Bertz CT molecular complexity index is 2850. The van der Waals surface area contributed by atoms with Gasteiger partial charge in [0.15, 0.2) is 5.82 Å². The van der Waals surface area contributed by atoms with Gasteiger partial charge < -0.3 is 0 Å². The van der Waals surface area contributed by atoms with Crippen molar-refractivity contribution in [2.24, 2.45) is 0 Å². The van der Waals surface area contributed by atoms with Gasteiger partial charge in [-0.2, -0.15) is 0 Å². The Kier molecular flexibility index (Phi) is 7.00. The van der Waals surface area contributed by atoms with Crippen LogP contribution in [0.5, 0.6) is 0 Å². The lowest BCUT2D eigenvalue weighted by molar-refractivity contribution is 1.18. The number of benzene rings is 7. The van der Waals surface area contributed by atoms with Crippen molar-refractivity contribution in [2.45, 2.75) is 0 Å². The molecule has 238 valence electrons. The predicted octanol–water partition coefficient (Wildman–Crippen LogP) is 12.9. The van der Waals surface area contributed by atoms with Gasteiger partial charge in [0, 0.05) is 53.4 Å². The van der Waals surface area contributed by atoms with Crippen molar-refractivity contribution in [3.63, 3.8) is 0 Å². The second kappa shape index (κ2) is 12.1. The molecule has 0 radical (unpaired) electrons. The molecular formula is C47H29N3S. The molecule has 0 spiro atoms. The summed E-state index contributed by atoms with van der Waals surface area (Å²) in [5.41, 5.74) is 10.1. The molecule has 51 heavy (non-hydrogen) atoms. The molecule has 0 saturated heterocycles. The molecular weight excluding hydrogens is 639 g/mol. The molecule has 3 heterocycles. The van der Waals surface area contributed by atoms with E-state index in [0.717, 1.165) is 50.4 Å². The number of para-hydroxylation sites is 1. The van der Waals surface area contributed by atoms with Crippen molar-refractivity contribution < 1.29 is 0 Å². The van der Waals surface area contributed by atoms with Crippen molar-refractivity contribution in [1.29, 1.82) is 0 Å². The summed E-state index contributed by atoms with van der Waals surface area (Å²) < 4.78 is 2.50. The number of fused-ring (bicyclic) bond motifs is 6. The van der Waals surface area contributed by atoms with Gasteiger partial charge in [0.1, 0.15) is 0 Å². The van der Waals surface area contributed by atoms with Gasteiger partial charge in [0.05, 0.1) is 22.6 Å². The van der Waals surface area contributed by atoms with Gasteiger partial charge >= 0.3 is 0 Å². The minimum atomic E-state index is 0.681. The van der Waals surface area contributed by atoms with E-state index in [1.54, 1.807) is 0 Å². The van der Waals surface area contributed by atoms with Crippen LogP contribution in [-0.4, -0.2) is 15.0 Å². The first kappa shape index (κ1) is 29.4. The average Bonchev–Trinajstić information content (AvgIpc) is 3.61. The quantitative estimate of drug-likeness (QED) is 0.183. The summed E-state index contributed by atoms with van der Waals surface area (Å²) in [5, 5.41) is 6.01. The zero-order chi connectivity index (χ0) is 33.7. The third-order valence-electron chi connectivity index (χ3n) is 9.68. The fourth-order valence-electron chi connectivity index (χ4n) is 7.27. The number of rotatable bonds is 5. The summed E-state index contributed by atoms with van der Waals surface area (Å²) in [7, 11) is 0. The maximum absolute atomic E-state index is 5.61. The van der Waals surface area contributed by atoms with E-state index in [0.29, 0.717) is 5.82 Å². The van der Waals surface area contributed by atoms with Crippen LogP contribution in [0, 0.1) is 0 Å².